The molecule has 176 valence electrons. The minimum atomic E-state index is 0.0705. The third-order valence-electron chi connectivity index (χ3n) is 6.45. The van der Waals surface area contributed by atoms with E-state index >= 15 is 0 Å². The Hall–Kier alpha value is -0.830. The van der Waals surface area contributed by atoms with Crippen molar-refractivity contribution in [1.82, 2.24) is 4.57 Å². The Morgan fingerprint density at radius 2 is 1.00 bits per heavy atom. The predicted molar refractivity (Wildman–Crippen MR) is 132 cm³/mol. The average Bonchev–Trinajstić information content (AvgIpc) is 3.22. The molecule has 1 rings (SSSR count). The number of nitrogens with two attached hydrogens (primary N) is 1. The first-order valence-electron chi connectivity index (χ1n) is 13.6. The van der Waals surface area contributed by atoms with Gasteiger partial charge < -0.3 is 0 Å². The van der Waals surface area contributed by atoms with Gasteiger partial charge >= 0.3 is 0 Å². The molecule has 2 N–H and O–H groups in total. The van der Waals surface area contributed by atoms with Gasteiger partial charge in [0.25, 0.3) is 0 Å². The molecule has 1 aromatic heterocycles. The van der Waals surface area contributed by atoms with Crippen LogP contribution in [0.2, 0.25) is 0 Å². The second-order valence-corrected chi connectivity index (χ2v) is 9.56. The first-order valence-corrected chi connectivity index (χ1v) is 13.6. The quantitative estimate of drug-likeness (QED) is 0.149. The highest BCUT2D eigenvalue weighted by molar-refractivity contribution is 4.69. The molecule has 30 heavy (non-hydrogen) atoms. The van der Waals surface area contributed by atoms with Crippen LogP contribution in [0, 0.1) is 0 Å². The Kier molecular flexibility index (Phi) is 18.2. The molecule has 0 aliphatic heterocycles. The molecule has 3 nitrogen and oxygen atoms in total. The van der Waals surface area contributed by atoms with Crippen molar-refractivity contribution in [2.45, 2.75) is 155 Å². The molecule has 0 radical (unpaired) electrons. The first-order chi connectivity index (χ1) is 14.7. The molecule has 0 aromatic carbocycles. The van der Waals surface area contributed by atoms with Gasteiger partial charge in [0, 0.05) is 0 Å². The number of unbranched alkanes of at least 4 members (excludes halogenated alkanes) is 19. The normalized spacial score (nSPS) is 12.5. The largest absolute Gasteiger partial charge is 0.293 e. The molecule has 0 amide bonds. The predicted octanol–water partition coefficient (Wildman–Crippen LogP) is 8.07. The van der Waals surface area contributed by atoms with Gasteiger partial charge in [0.1, 0.15) is 18.6 Å². The van der Waals surface area contributed by atoms with Gasteiger partial charge in [-0.3, -0.25) is 5.73 Å². The zero-order valence-electron chi connectivity index (χ0n) is 20.6. The summed E-state index contributed by atoms with van der Waals surface area (Å²) in [5.41, 5.74) is 5.88. The van der Waals surface area contributed by atoms with Crippen molar-refractivity contribution in [3.63, 3.8) is 0 Å². The number of hydrogen-bond donors (Lipinski definition) is 1. The van der Waals surface area contributed by atoms with Gasteiger partial charge in [0.15, 0.2) is 0 Å². The van der Waals surface area contributed by atoms with E-state index in [9.17, 15) is 0 Å². The summed E-state index contributed by atoms with van der Waals surface area (Å²) in [6, 6.07) is 0. The molecule has 0 saturated heterocycles. The SMILES string of the molecule is CCCCCCCCCCCCCCCCCCCCCC[n+]1ccn(C(C)N)c1. The lowest BCUT2D eigenvalue weighted by Gasteiger charge is -2.04. The van der Waals surface area contributed by atoms with Crippen LogP contribution in [0.25, 0.3) is 0 Å². The molecule has 1 atom stereocenters. The fourth-order valence-electron chi connectivity index (χ4n) is 4.33. The maximum atomic E-state index is 5.88. The minimum absolute atomic E-state index is 0.0705. The van der Waals surface area contributed by atoms with Crippen molar-refractivity contribution in [3.8, 4) is 0 Å². The van der Waals surface area contributed by atoms with Crippen molar-refractivity contribution < 1.29 is 4.57 Å². The maximum Gasteiger partial charge on any atom is 0.245 e. The molecular weight excluding hydrogens is 366 g/mol. The van der Waals surface area contributed by atoms with E-state index in [1.807, 2.05) is 6.92 Å². The molecule has 0 aliphatic rings. The third-order valence-corrected chi connectivity index (χ3v) is 6.45. The Morgan fingerprint density at radius 3 is 1.33 bits per heavy atom. The fourth-order valence-corrected chi connectivity index (χ4v) is 4.33. The first kappa shape index (κ1) is 27.2. The summed E-state index contributed by atoms with van der Waals surface area (Å²) in [7, 11) is 0. The highest BCUT2D eigenvalue weighted by Crippen LogP contribution is 2.14. The van der Waals surface area contributed by atoms with Gasteiger partial charge in [0.2, 0.25) is 6.33 Å². The smallest absolute Gasteiger partial charge is 0.245 e. The van der Waals surface area contributed by atoms with Crippen LogP contribution in [0.3, 0.4) is 0 Å². The van der Waals surface area contributed by atoms with Gasteiger partial charge in [0.05, 0.1) is 6.54 Å². The molecule has 0 spiro atoms. The summed E-state index contributed by atoms with van der Waals surface area (Å²) in [6.45, 7) is 5.44. The second-order valence-electron chi connectivity index (χ2n) is 9.56. The molecule has 3 heteroatoms. The van der Waals surface area contributed by atoms with Crippen LogP contribution in [0.15, 0.2) is 18.7 Å². The number of nitrogens with zero attached hydrogens (tertiary/aromatic N) is 2. The third kappa shape index (κ3) is 15.9. The van der Waals surface area contributed by atoms with E-state index in [0.717, 1.165) is 6.54 Å². The van der Waals surface area contributed by atoms with Gasteiger partial charge in [-0.25, -0.2) is 9.13 Å². The van der Waals surface area contributed by atoms with E-state index in [1.54, 1.807) is 0 Å². The zero-order chi connectivity index (χ0) is 21.7. The van der Waals surface area contributed by atoms with Crippen molar-refractivity contribution in [2.24, 2.45) is 5.73 Å². The van der Waals surface area contributed by atoms with Crippen molar-refractivity contribution in [1.29, 1.82) is 0 Å². The highest BCUT2D eigenvalue weighted by atomic mass is 15.2. The topological polar surface area (TPSA) is 34.8 Å². The van der Waals surface area contributed by atoms with Gasteiger partial charge in [-0.05, 0) is 19.8 Å². The lowest BCUT2D eigenvalue weighted by Crippen LogP contribution is -2.31. The van der Waals surface area contributed by atoms with Crippen LogP contribution in [0.5, 0.6) is 0 Å². The molecule has 0 fully saturated rings. The van der Waals surface area contributed by atoms with Crippen molar-refractivity contribution in [3.05, 3.63) is 18.7 Å². The Bertz CT molecular complexity index is 466. The van der Waals surface area contributed by atoms with Gasteiger partial charge in [-0.2, -0.15) is 0 Å². The van der Waals surface area contributed by atoms with E-state index < -0.39 is 0 Å². The molecule has 1 heterocycles. The number of imidazole rings is 1. The standard InChI is InChI=1S/C27H54N3/c1-3-4-5-6-7-8-9-10-11-12-13-14-15-16-17-18-19-20-21-22-23-29-24-25-30(26-29)27(2)28/h24-27H,3-23,28H2,1-2H3/q+1. The molecule has 0 saturated carbocycles. The van der Waals surface area contributed by atoms with Crippen LogP contribution >= 0.6 is 0 Å². The van der Waals surface area contributed by atoms with Crippen LogP contribution in [0.1, 0.15) is 148 Å². The lowest BCUT2D eigenvalue weighted by molar-refractivity contribution is -0.697. The molecule has 1 unspecified atom stereocenters. The summed E-state index contributed by atoms with van der Waals surface area (Å²) in [6.07, 6.45) is 35.2. The maximum absolute atomic E-state index is 5.88. The van der Waals surface area contributed by atoms with Crippen LogP contribution in [-0.4, -0.2) is 4.57 Å². The summed E-state index contributed by atoms with van der Waals surface area (Å²) in [5, 5.41) is 0. The molecule has 0 bridgehead atoms. The van der Waals surface area contributed by atoms with Gasteiger partial charge in [-0.15, -0.1) is 0 Å². The molecule has 1 aromatic rings. The highest BCUT2D eigenvalue weighted by Gasteiger charge is 2.06. The zero-order valence-corrected chi connectivity index (χ0v) is 20.6. The molecular formula is C27H54N3+. The van der Waals surface area contributed by atoms with Crippen LogP contribution in [-0.2, 0) is 6.54 Å². The number of hydrogen-bond acceptors (Lipinski definition) is 1. The monoisotopic (exact) mass is 420 g/mol. The van der Waals surface area contributed by atoms with Crippen LogP contribution < -0.4 is 10.3 Å². The summed E-state index contributed by atoms with van der Waals surface area (Å²) >= 11 is 0. The summed E-state index contributed by atoms with van der Waals surface area (Å²) in [4.78, 5) is 0. The van der Waals surface area contributed by atoms with E-state index in [1.165, 1.54) is 128 Å². The summed E-state index contributed by atoms with van der Waals surface area (Å²) in [5.74, 6) is 0. The number of aryl methyl sites for hydroxylation is 1. The number of aromatic nitrogens is 2. The van der Waals surface area contributed by atoms with E-state index in [0.29, 0.717) is 0 Å². The summed E-state index contributed by atoms with van der Waals surface area (Å²) < 4.78 is 4.33. The van der Waals surface area contributed by atoms with Crippen LogP contribution in [0.4, 0.5) is 0 Å². The Balaban J connectivity index is 1.72. The van der Waals surface area contributed by atoms with E-state index in [4.69, 9.17) is 5.73 Å². The second kappa shape index (κ2) is 20.1. The van der Waals surface area contributed by atoms with Crippen molar-refractivity contribution in [2.75, 3.05) is 0 Å². The fraction of sp³-hybridized carbons (Fsp3) is 0.889. The van der Waals surface area contributed by atoms with E-state index in [-0.39, 0.29) is 6.17 Å². The molecule has 0 aliphatic carbocycles. The Morgan fingerprint density at radius 1 is 0.633 bits per heavy atom. The van der Waals surface area contributed by atoms with Crippen molar-refractivity contribution >= 4 is 0 Å². The van der Waals surface area contributed by atoms with Gasteiger partial charge in [-0.1, -0.05) is 122 Å². The number of rotatable bonds is 22. The minimum Gasteiger partial charge on any atom is -0.293 e. The van der Waals surface area contributed by atoms with E-state index in [2.05, 4.69) is 34.8 Å². The average molecular weight is 421 g/mol. The lowest BCUT2D eigenvalue weighted by atomic mass is 10.0. The Labute approximate surface area is 188 Å².